The van der Waals surface area contributed by atoms with Gasteiger partial charge in [-0.15, -0.1) is 0 Å². The second kappa shape index (κ2) is 12.4. The number of aromatic carboxylic acids is 2. The van der Waals surface area contributed by atoms with Crippen LogP contribution in [0.25, 0.3) is 0 Å². The molecule has 0 heterocycles. The zero-order valence-electron chi connectivity index (χ0n) is 20.1. The summed E-state index contributed by atoms with van der Waals surface area (Å²) in [5.41, 5.74) is 2.17. The van der Waals surface area contributed by atoms with Crippen molar-refractivity contribution in [3.05, 3.63) is 125 Å². The highest BCUT2D eigenvalue weighted by molar-refractivity contribution is 14.1. The highest BCUT2D eigenvalue weighted by Crippen LogP contribution is 2.25. The SMILES string of the molecule is O=C(Nc1ccc(Cc2ccc(NC(=O)c3ccccc3I)c(C(=O)O)c2)cc1C(=O)O)c1ccccc1I. The molecule has 39 heavy (non-hydrogen) atoms. The van der Waals surface area contributed by atoms with Crippen LogP contribution in [0.1, 0.15) is 52.6 Å². The monoisotopic (exact) mass is 746 g/mol. The fourth-order valence-electron chi connectivity index (χ4n) is 3.88. The standard InChI is InChI=1S/C29H20I2N2O6/c30-22-7-3-1-5-18(22)26(34)32-24-11-9-16(14-20(24)28(36)37)13-17-10-12-25(21(15-17)29(38)39)33-27(35)19-6-2-4-8-23(19)31/h1-12,14-15H,13H2,(H,32,34)(H,33,35)(H,36,37)(H,38,39). The minimum absolute atomic E-state index is 0.0911. The zero-order valence-corrected chi connectivity index (χ0v) is 24.4. The Morgan fingerprint density at radius 3 is 1.31 bits per heavy atom. The quantitative estimate of drug-likeness (QED) is 0.155. The van der Waals surface area contributed by atoms with E-state index in [-0.39, 0.29) is 28.9 Å². The van der Waals surface area contributed by atoms with Crippen molar-refractivity contribution in [2.75, 3.05) is 10.6 Å². The van der Waals surface area contributed by atoms with Crippen LogP contribution in [0.5, 0.6) is 0 Å². The van der Waals surface area contributed by atoms with Crippen LogP contribution in [-0.4, -0.2) is 34.0 Å². The number of carboxylic acid groups (broad SMARTS) is 2. The third-order valence-electron chi connectivity index (χ3n) is 5.77. The maximum absolute atomic E-state index is 12.7. The highest BCUT2D eigenvalue weighted by atomic mass is 127. The van der Waals surface area contributed by atoms with E-state index in [1.807, 2.05) is 45.2 Å². The summed E-state index contributed by atoms with van der Waals surface area (Å²) in [6, 6.07) is 23.2. The molecule has 0 atom stereocenters. The van der Waals surface area contributed by atoms with Crippen LogP contribution < -0.4 is 10.6 Å². The number of amides is 2. The summed E-state index contributed by atoms with van der Waals surface area (Å²) in [5, 5.41) is 24.9. The Kier molecular flexibility index (Phi) is 8.97. The summed E-state index contributed by atoms with van der Waals surface area (Å²) in [5.74, 6) is -3.28. The molecule has 0 bridgehead atoms. The van der Waals surface area contributed by atoms with Crippen molar-refractivity contribution >= 4 is 80.3 Å². The molecular weight excluding hydrogens is 726 g/mol. The number of carbonyl (C=O) groups is 4. The van der Waals surface area contributed by atoms with Crippen LogP contribution in [0.4, 0.5) is 11.4 Å². The van der Waals surface area contributed by atoms with Crippen molar-refractivity contribution in [2.45, 2.75) is 6.42 Å². The van der Waals surface area contributed by atoms with E-state index in [9.17, 15) is 29.4 Å². The molecule has 0 aliphatic rings. The van der Waals surface area contributed by atoms with Crippen LogP contribution in [0.3, 0.4) is 0 Å². The summed E-state index contributed by atoms with van der Waals surface area (Å²) >= 11 is 4.07. The molecule has 2 amide bonds. The van der Waals surface area contributed by atoms with Crippen molar-refractivity contribution in [3.63, 3.8) is 0 Å². The van der Waals surface area contributed by atoms with E-state index in [4.69, 9.17) is 0 Å². The van der Waals surface area contributed by atoms with Gasteiger partial charge in [0.15, 0.2) is 0 Å². The van der Waals surface area contributed by atoms with Gasteiger partial charge >= 0.3 is 11.9 Å². The Labute approximate surface area is 250 Å². The molecule has 0 radical (unpaired) electrons. The van der Waals surface area contributed by atoms with Gasteiger partial charge in [-0.3, -0.25) is 9.59 Å². The third-order valence-corrected chi connectivity index (χ3v) is 7.65. The predicted molar refractivity (Wildman–Crippen MR) is 164 cm³/mol. The van der Waals surface area contributed by atoms with Crippen molar-refractivity contribution in [2.24, 2.45) is 0 Å². The largest absolute Gasteiger partial charge is 0.478 e. The van der Waals surface area contributed by atoms with Gasteiger partial charge in [0.05, 0.1) is 33.6 Å². The molecule has 4 aromatic carbocycles. The summed E-state index contributed by atoms with van der Waals surface area (Å²) in [7, 11) is 0. The lowest BCUT2D eigenvalue weighted by Crippen LogP contribution is -2.16. The first-order valence-corrected chi connectivity index (χ1v) is 13.6. The molecule has 8 nitrogen and oxygen atoms in total. The summed E-state index contributed by atoms with van der Waals surface area (Å²) < 4.78 is 1.46. The number of nitrogens with one attached hydrogen (secondary N) is 2. The van der Waals surface area contributed by atoms with Gasteiger partial charge in [-0.1, -0.05) is 36.4 Å². The lowest BCUT2D eigenvalue weighted by atomic mass is 9.99. The number of carboxylic acids is 2. The van der Waals surface area contributed by atoms with Crippen LogP contribution in [0.2, 0.25) is 0 Å². The van der Waals surface area contributed by atoms with Gasteiger partial charge in [0, 0.05) is 7.14 Å². The molecule has 4 rings (SSSR count). The van der Waals surface area contributed by atoms with E-state index in [1.54, 1.807) is 60.7 Å². The number of hydrogen-bond acceptors (Lipinski definition) is 4. The van der Waals surface area contributed by atoms with E-state index >= 15 is 0 Å². The molecule has 10 heteroatoms. The zero-order chi connectivity index (χ0) is 28.1. The van der Waals surface area contributed by atoms with Gasteiger partial charge in [0.2, 0.25) is 0 Å². The fourth-order valence-corrected chi connectivity index (χ4v) is 5.14. The minimum atomic E-state index is -1.21. The molecule has 0 aromatic heterocycles. The van der Waals surface area contributed by atoms with Gasteiger partial charge in [-0.25, -0.2) is 9.59 Å². The first kappa shape index (κ1) is 28.2. The number of halogens is 2. The topological polar surface area (TPSA) is 133 Å². The smallest absolute Gasteiger partial charge is 0.337 e. The molecular formula is C29H20I2N2O6. The van der Waals surface area contributed by atoms with Gasteiger partial charge in [0.25, 0.3) is 11.8 Å². The molecule has 0 unspecified atom stereocenters. The molecule has 0 aliphatic heterocycles. The Morgan fingerprint density at radius 2 is 0.949 bits per heavy atom. The average Bonchev–Trinajstić information content (AvgIpc) is 2.90. The first-order valence-electron chi connectivity index (χ1n) is 11.5. The van der Waals surface area contributed by atoms with Crippen LogP contribution in [0, 0.1) is 7.14 Å². The summed E-state index contributed by atoms with van der Waals surface area (Å²) in [4.78, 5) is 49.4. The van der Waals surface area contributed by atoms with E-state index in [2.05, 4.69) is 10.6 Å². The minimum Gasteiger partial charge on any atom is -0.478 e. The molecule has 0 aliphatic carbocycles. The number of hydrogen-bond donors (Lipinski definition) is 4. The van der Waals surface area contributed by atoms with Crippen LogP contribution in [0.15, 0.2) is 84.9 Å². The lowest BCUT2D eigenvalue weighted by molar-refractivity contribution is 0.0687. The Morgan fingerprint density at radius 1 is 0.564 bits per heavy atom. The van der Waals surface area contributed by atoms with Gasteiger partial charge < -0.3 is 20.8 Å². The molecule has 0 spiro atoms. The van der Waals surface area contributed by atoms with Gasteiger partial charge in [-0.2, -0.15) is 0 Å². The number of benzene rings is 4. The van der Waals surface area contributed by atoms with Crippen molar-refractivity contribution in [1.29, 1.82) is 0 Å². The average molecular weight is 746 g/mol. The summed E-state index contributed by atoms with van der Waals surface area (Å²) in [6.07, 6.45) is 0.232. The van der Waals surface area contributed by atoms with Gasteiger partial charge in [0.1, 0.15) is 0 Å². The number of carbonyl (C=O) groups excluding carboxylic acids is 2. The maximum Gasteiger partial charge on any atom is 0.337 e. The van der Waals surface area contributed by atoms with E-state index in [1.165, 1.54) is 24.3 Å². The molecule has 4 N–H and O–H groups in total. The molecule has 196 valence electrons. The van der Waals surface area contributed by atoms with Crippen LogP contribution >= 0.6 is 45.2 Å². The fraction of sp³-hybridized carbons (Fsp3) is 0.0345. The second-order valence-corrected chi connectivity index (χ2v) is 10.7. The Balaban J connectivity index is 1.57. The van der Waals surface area contributed by atoms with E-state index in [0.717, 1.165) is 7.14 Å². The molecule has 0 saturated carbocycles. The van der Waals surface area contributed by atoms with Crippen molar-refractivity contribution in [1.82, 2.24) is 0 Å². The molecule has 0 fully saturated rings. The normalized spacial score (nSPS) is 10.5. The highest BCUT2D eigenvalue weighted by Gasteiger charge is 2.18. The van der Waals surface area contributed by atoms with E-state index < -0.39 is 23.8 Å². The van der Waals surface area contributed by atoms with Crippen molar-refractivity contribution in [3.8, 4) is 0 Å². The molecule has 4 aromatic rings. The Hall–Kier alpha value is -3.78. The Bertz CT molecular complexity index is 1500. The third kappa shape index (κ3) is 6.81. The summed E-state index contributed by atoms with van der Waals surface area (Å²) in [6.45, 7) is 0. The van der Waals surface area contributed by atoms with E-state index in [0.29, 0.717) is 22.3 Å². The number of anilines is 2. The predicted octanol–water partition coefficient (Wildman–Crippen LogP) is 6.39. The second-order valence-electron chi connectivity index (χ2n) is 8.41. The number of rotatable bonds is 8. The maximum atomic E-state index is 12.7. The lowest BCUT2D eigenvalue weighted by Gasteiger charge is -2.13. The first-order chi connectivity index (χ1) is 18.6. The van der Waals surface area contributed by atoms with Crippen molar-refractivity contribution < 1.29 is 29.4 Å². The van der Waals surface area contributed by atoms with Gasteiger partial charge in [-0.05, 0) is 111 Å². The van der Waals surface area contributed by atoms with Crippen LogP contribution in [-0.2, 0) is 6.42 Å². The molecule has 0 saturated heterocycles.